The van der Waals surface area contributed by atoms with E-state index >= 15 is 0 Å². The number of hydrogen-bond donors (Lipinski definition) is 1. The van der Waals surface area contributed by atoms with E-state index in [0.717, 1.165) is 33.5 Å². The minimum absolute atomic E-state index is 0.0158. The molecule has 7 nitrogen and oxygen atoms in total. The fourth-order valence-corrected chi connectivity index (χ4v) is 3.27. The summed E-state index contributed by atoms with van der Waals surface area (Å²) in [5, 5.41) is 1.01. The summed E-state index contributed by atoms with van der Waals surface area (Å²) in [6.07, 6.45) is 14.6. The zero-order valence-electron chi connectivity index (χ0n) is 19.4. The Balaban J connectivity index is 0.000000454. The van der Waals surface area contributed by atoms with Gasteiger partial charge in [-0.2, -0.15) is 0 Å². The number of fused-ring (bicyclic) bond motifs is 1. The van der Waals surface area contributed by atoms with Crippen molar-refractivity contribution in [2.75, 3.05) is 33.4 Å². The number of carbonyl (C=O) groups excluding carboxylic acids is 1. The van der Waals surface area contributed by atoms with Crippen LogP contribution < -0.4 is 0 Å². The Morgan fingerprint density at radius 1 is 1.21 bits per heavy atom. The van der Waals surface area contributed by atoms with E-state index in [1.165, 1.54) is 0 Å². The van der Waals surface area contributed by atoms with Crippen molar-refractivity contribution in [3.63, 3.8) is 0 Å². The van der Waals surface area contributed by atoms with E-state index in [1.807, 2.05) is 44.3 Å². The molecule has 1 amide bonds. The average Bonchev–Trinajstić information content (AvgIpc) is 3.29. The van der Waals surface area contributed by atoms with Gasteiger partial charge in [0.15, 0.2) is 0 Å². The predicted molar refractivity (Wildman–Crippen MR) is 132 cm³/mol. The molecule has 33 heavy (non-hydrogen) atoms. The second-order valence-corrected chi connectivity index (χ2v) is 7.43. The van der Waals surface area contributed by atoms with Gasteiger partial charge in [0.2, 0.25) is 0 Å². The van der Waals surface area contributed by atoms with Crippen LogP contribution in [0.3, 0.4) is 0 Å². The molecule has 0 atom stereocenters. The summed E-state index contributed by atoms with van der Waals surface area (Å²) in [6.45, 7) is 9.94. The number of morpholine rings is 1. The smallest absolute Gasteiger partial charge is 0.255 e. The van der Waals surface area contributed by atoms with E-state index < -0.39 is 0 Å². The zero-order chi connectivity index (χ0) is 23.6. The molecular formula is C26H30N4O3. The summed E-state index contributed by atoms with van der Waals surface area (Å²) in [5.41, 5.74) is 4.21. The van der Waals surface area contributed by atoms with E-state index in [0.29, 0.717) is 31.9 Å². The van der Waals surface area contributed by atoms with Crippen LogP contribution in [0.2, 0.25) is 0 Å². The van der Waals surface area contributed by atoms with Crippen LogP contribution in [0.5, 0.6) is 0 Å². The summed E-state index contributed by atoms with van der Waals surface area (Å²) >= 11 is 0. The lowest BCUT2D eigenvalue weighted by Gasteiger charge is -2.26. The topological polar surface area (TPSA) is 80.3 Å². The number of carbonyl (C=O) groups is 1. The number of amides is 1. The van der Waals surface area contributed by atoms with E-state index in [-0.39, 0.29) is 5.91 Å². The molecule has 7 heteroatoms. The lowest BCUT2D eigenvalue weighted by atomic mass is 10.1. The highest BCUT2D eigenvalue weighted by atomic mass is 16.5. The SMILES string of the molecule is C/C=C(\C)OC.C=C/C=C/c1c[nH]c2ncc(-c3cncc(C(=O)N4CCOCC4)c3)cc12. The van der Waals surface area contributed by atoms with Crippen LogP contribution in [0.25, 0.3) is 28.2 Å². The van der Waals surface area contributed by atoms with E-state index in [4.69, 9.17) is 9.47 Å². The normalized spacial score (nSPS) is 14.2. The van der Waals surface area contributed by atoms with Crippen LogP contribution in [0.15, 0.2) is 67.5 Å². The first-order valence-electron chi connectivity index (χ1n) is 10.8. The number of methoxy groups -OCH3 is 1. The third kappa shape index (κ3) is 6.17. The maximum absolute atomic E-state index is 12.7. The predicted octanol–water partition coefficient (Wildman–Crippen LogP) is 4.85. The Morgan fingerprint density at radius 2 is 1.97 bits per heavy atom. The third-order valence-electron chi connectivity index (χ3n) is 5.32. The molecule has 1 N–H and O–H groups in total. The standard InChI is InChI=1S/C21H20N4O2.C5H10O/c1-2-3-4-15-13-23-20-19(15)10-17(14-24-20)16-9-18(12-22-11-16)21(26)25-5-7-27-8-6-25;1-4-5(2)6-3/h2-4,9-14H,1,5-8H2,(H,23,24);4H,1-3H3/b4-3+;5-4+. The molecule has 0 radical (unpaired) electrons. The van der Waals surface area contributed by atoms with Crippen LogP contribution >= 0.6 is 0 Å². The van der Waals surface area contributed by atoms with Gasteiger partial charge in [0.1, 0.15) is 5.65 Å². The van der Waals surface area contributed by atoms with Crippen molar-refractivity contribution in [1.29, 1.82) is 0 Å². The summed E-state index contributed by atoms with van der Waals surface area (Å²) in [4.78, 5) is 26.5. The number of aromatic amines is 1. The molecule has 172 valence electrons. The number of aromatic nitrogens is 3. The molecule has 4 rings (SSSR count). The molecule has 1 fully saturated rings. The minimum Gasteiger partial charge on any atom is -0.502 e. The molecule has 1 aliphatic rings. The van der Waals surface area contributed by atoms with Crippen LogP contribution in [-0.4, -0.2) is 59.2 Å². The molecule has 1 saturated heterocycles. The van der Waals surface area contributed by atoms with Crippen molar-refractivity contribution in [3.05, 3.63) is 78.6 Å². The number of nitrogens with one attached hydrogen (secondary N) is 1. The number of hydrogen-bond acceptors (Lipinski definition) is 5. The number of allylic oxidation sites excluding steroid dienone is 4. The summed E-state index contributed by atoms with van der Waals surface area (Å²) in [6, 6.07) is 3.93. The molecule has 3 aromatic heterocycles. The molecule has 0 aromatic carbocycles. The van der Waals surface area contributed by atoms with E-state index in [2.05, 4.69) is 27.6 Å². The molecule has 3 aromatic rings. The van der Waals surface area contributed by atoms with Gasteiger partial charge in [-0.05, 0) is 26.0 Å². The van der Waals surface area contributed by atoms with Gasteiger partial charge in [-0.25, -0.2) is 4.98 Å². The van der Waals surface area contributed by atoms with Gasteiger partial charge < -0.3 is 19.4 Å². The number of ether oxygens (including phenoxy) is 2. The molecule has 0 aliphatic carbocycles. The van der Waals surface area contributed by atoms with E-state index in [1.54, 1.807) is 36.7 Å². The van der Waals surface area contributed by atoms with Crippen molar-refractivity contribution >= 4 is 23.0 Å². The number of rotatable bonds is 5. The Bertz CT molecular complexity index is 1160. The summed E-state index contributed by atoms with van der Waals surface area (Å²) < 4.78 is 10.1. The van der Waals surface area contributed by atoms with Gasteiger partial charge in [-0.1, -0.05) is 30.9 Å². The maximum Gasteiger partial charge on any atom is 0.255 e. The van der Waals surface area contributed by atoms with Gasteiger partial charge in [0, 0.05) is 60.0 Å². The first-order chi connectivity index (χ1) is 16.1. The second-order valence-electron chi connectivity index (χ2n) is 7.43. The lowest BCUT2D eigenvalue weighted by molar-refractivity contribution is 0.0302. The molecule has 0 unspecified atom stereocenters. The van der Waals surface area contributed by atoms with Crippen LogP contribution in [0, 0.1) is 0 Å². The highest BCUT2D eigenvalue weighted by Gasteiger charge is 2.19. The maximum atomic E-state index is 12.7. The Hall–Kier alpha value is -3.71. The van der Waals surface area contributed by atoms with Crippen LogP contribution in [0.1, 0.15) is 29.8 Å². The quantitative estimate of drug-likeness (QED) is 0.447. The minimum atomic E-state index is -0.0158. The van der Waals surface area contributed by atoms with Gasteiger partial charge in [-0.15, -0.1) is 0 Å². The second kappa shape index (κ2) is 11.8. The summed E-state index contributed by atoms with van der Waals surface area (Å²) in [7, 11) is 1.66. The fourth-order valence-electron chi connectivity index (χ4n) is 3.27. The average molecular weight is 447 g/mol. The van der Waals surface area contributed by atoms with Crippen molar-refractivity contribution in [1.82, 2.24) is 19.9 Å². The first kappa shape index (κ1) is 23.9. The molecule has 0 bridgehead atoms. The number of H-pyrrole nitrogens is 1. The van der Waals surface area contributed by atoms with Gasteiger partial charge >= 0.3 is 0 Å². The molecule has 0 saturated carbocycles. The number of pyridine rings is 2. The highest BCUT2D eigenvalue weighted by molar-refractivity contribution is 5.96. The van der Waals surface area contributed by atoms with Gasteiger partial charge in [0.05, 0.1) is 31.6 Å². The van der Waals surface area contributed by atoms with Gasteiger partial charge in [0.25, 0.3) is 5.91 Å². The Morgan fingerprint density at radius 3 is 2.64 bits per heavy atom. The Labute approximate surface area is 194 Å². The van der Waals surface area contributed by atoms with Crippen LogP contribution in [0.4, 0.5) is 0 Å². The fraction of sp³-hybridized carbons (Fsp3) is 0.269. The van der Waals surface area contributed by atoms with Gasteiger partial charge in [-0.3, -0.25) is 9.78 Å². The zero-order valence-corrected chi connectivity index (χ0v) is 19.4. The van der Waals surface area contributed by atoms with Crippen molar-refractivity contribution in [2.45, 2.75) is 13.8 Å². The lowest BCUT2D eigenvalue weighted by Crippen LogP contribution is -2.40. The number of nitrogens with zero attached hydrogens (tertiary/aromatic N) is 3. The van der Waals surface area contributed by atoms with E-state index in [9.17, 15) is 4.79 Å². The molecule has 4 heterocycles. The monoisotopic (exact) mass is 446 g/mol. The largest absolute Gasteiger partial charge is 0.502 e. The van der Waals surface area contributed by atoms with Crippen molar-refractivity contribution < 1.29 is 14.3 Å². The molecule has 0 spiro atoms. The summed E-state index contributed by atoms with van der Waals surface area (Å²) in [5.74, 6) is 0.952. The van der Waals surface area contributed by atoms with Crippen molar-refractivity contribution in [2.24, 2.45) is 0 Å². The molecule has 1 aliphatic heterocycles. The Kier molecular flexibility index (Phi) is 8.55. The third-order valence-corrected chi connectivity index (χ3v) is 5.32. The van der Waals surface area contributed by atoms with Crippen molar-refractivity contribution in [3.8, 4) is 11.1 Å². The first-order valence-corrected chi connectivity index (χ1v) is 10.8. The van der Waals surface area contributed by atoms with Crippen LogP contribution in [-0.2, 0) is 9.47 Å². The molecular weight excluding hydrogens is 416 g/mol. The highest BCUT2D eigenvalue weighted by Crippen LogP contribution is 2.26.